The van der Waals surface area contributed by atoms with Crippen LogP contribution < -0.4 is 15.4 Å². The largest absolute Gasteiger partial charge is 0.495 e. The fourth-order valence-electron chi connectivity index (χ4n) is 2.91. The number of benzene rings is 1. The van der Waals surface area contributed by atoms with E-state index in [-0.39, 0.29) is 25.3 Å². The Morgan fingerprint density at radius 2 is 2.15 bits per heavy atom. The van der Waals surface area contributed by atoms with Crippen LogP contribution in [0.2, 0.25) is 0 Å². The van der Waals surface area contributed by atoms with E-state index in [4.69, 9.17) is 9.47 Å². The van der Waals surface area contributed by atoms with Crippen molar-refractivity contribution in [3.8, 4) is 5.75 Å². The third-order valence-electron chi connectivity index (χ3n) is 4.13. The molecule has 0 spiro atoms. The molecule has 27 heavy (non-hydrogen) atoms. The number of halogens is 3. The summed E-state index contributed by atoms with van der Waals surface area (Å²) in [5.74, 6) is 0.503. The van der Waals surface area contributed by atoms with Crippen LogP contribution in [0, 0.1) is 0 Å². The summed E-state index contributed by atoms with van der Waals surface area (Å²) in [6, 6.07) is 6.41. The van der Waals surface area contributed by atoms with E-state index in [1.54, 1.807) is 24.3 Å². The van der Waals surface area contributed by atoms with Crippen LogP contribution in [0.5, 0.6) is 5.75 Å². The van der Waals surface area contributed by atoms with Gasteiger partial charge in [0.1, 0.15) is 5.75 Å². The molecule has 1 aliphatic rings. The zero-order valence-corrected chi connectivity index (χ0v) is 14.6. The van der Waals surface area contributed by atoms with Crippen LogP contribution in [0.1, 0.15) is 17.0 Å². The third-order valence-corrected chi connectivity index (χ3v) is 4.13. The Balaban J connectivity index is 1.62. The predicted octanol–water partition coefficient (Wildman–Crippen LogP) is 2.80. The van der Waals surface area contributed by atoms with E-state index in [9.17, 15) is 18.0 Å². The highest BCUT2D eigenvalue weighted by molar-refractivity contribution is 5.90. The van der Waals surface area contributed by atoms with Crippen molar-refractivity contribution >= 4 is 11.7 Å². The average Bonchev–Trinajstić information content (AvgIpc) is 3.01. The lowest BCUT2D eigenvalue weighted by Crippen LogP contribution is -2.32. The van der Waals surface area contributed by atoms with Gasteiger partial charge in [0.2, 0.25) is 0 Å². The second kappa shape index (κ2) is 7.87. The molecule has 0 saturated heterocycles. The van der Waals surface area contributed by atoms with Gasteiger partial charge in [-0.15, -0.1) is 0 Å². The van der Waals surface area contributed by atoms with E-state index >= 15 is 0 Å². The van der Waals surface area contributed by atoms with Crippen LogP contribution in [0.4, 0.5) is 23.7 Å². The molecule has 0 bridgehead atoms. The molecule has 2 heterocycles. The lowest BCUT2D eigenvalue weighted by Gasteiger charge is -2.16. The minimum absolute atomic E-state index is 0.0761. The number of nitrogens with zero attached hydrogens (tertiary/aromatic N) is 2. The predicted molar refractivity (Wildman–Crippen MR) is 90.6 cm³/mol. The van der Waals surface area contributed by atoms with E-state index in [0.717, 1.165) is 0 Å². The molecule has 7 nitrogen and oxygen atoms in total. The van der Waals surface area contributed by atoms with Crippen LogP contribution in [0.3, 0.4) is 0 Å². The minimum atomic E-state index is -4.54. The molecule has 0 aliphatic carbocycles. The maximum absolute atomic E-state index is 13.1. The third kappa shape index (κ3) is 4.33. The van der Waals surface area contributed by atoms with Gasteiger partial charge in [-0.2, -0.15) is 18.3 Å². The normalized spacial score (nSPS) is 13.8. The summed E-state index contributed by atoms with van der Waals surface area (Å²) in [4.78, 5) is 12.0. The number of hydrogen-bond donors (Lipinski definition) is 2. The molecule has 2 N–H and O–H groups in total. The van der Waals surface area contributed by atoms with Crippen molar-refractivity contribution in [2.45, 2.75) is 25.7 Å². The molecule has 0 radical (unpaired) electrons. The summed E-state index contributed by atoms with van der Waals surface area (Å²) in [6.07, 6.45) is -4.18. The Labute approximate surface area is 153 Å². The molecule has 1 aromatic heterocycles. The Hall–Kier alpha value is -2.75. The second-order valence-corrected chi connectivity index (χ2v) is 5.88. The van der Waals surface area contributed by atoms with Gasteiger partial charge in [-0.1, -0.05) is 12.1 Å². The van der Waals surface area contributed by atoms with Crippen LogP contribution >= 0.6 is 0 Å². The number of amides is 2. The number of rotatable bonds is 5. The molecule has 3 rings (SSSR count). The molecular weight excluding hydrogens is 365 g/mol. The lowest BCUT2D eigenvalue weighted by molar-refractivity contribution is -0.142. The van der Waals surface area contributed by atoms with Crippen LogP contribution in [-0.4, -0.2) is 36.1 Å². The standard InChI is InChI=1S/C17H19F3N4O3/c1-26-14-5-3-2-4-12(14)22-16(25)21-7-8-24-13-6-9-27-10-11(13)15(23-24)17(18,19)20/h2-5H,6-10H2,1H3,(H2,21,22,25). The molecular formula is C17H19F3N4O3. The number of para-hydroxylation sites is 2. The Bertz CT molecular complexity index is 820. The van der Waals surface area contributed by atoms with E-state index < -0.39 is 17.9 Å². The molecule has 0 atom stereocenters. The van der Waals surface area contributed by atoms with Gasteiger partial charge >= 0.3 is 12.2 Å². The molecule has 146 valence electrons. The van der Waals surface area contributed by atoms with E-state index in [1.165, 1.54) is 11.8 Å². The zero-order chi connectivity index (χ0) is 19.4. The fourth-order valence-corrected chi connectivity index (χ4v) is 2.91. The summed E-state index contributed by atoms with van der Waals surface area (Å²) in [6.45, 7) is 0.481. The van der Waals surface area contributed by atoms with Crippen molar-refractivity contribution in [3.63, 3.8) is 0 Å². The Morgan fingerprint density at radius 3 is 2.89 bits per heavy atom. The van der Waals surface area contributed by atoms with Gasteiger partial charge < -0.3 is 20.1 Å². The van der Waals surface area contributed by atoms with Crippen LogP contribution in [0.15, 0.2) is 24.3 Å². The van der Waals surface area contributed by atoms with E-state index in [2.05, 4.69) is 15.7 Å². The quantitative estimate of drug-likeness (QED) is 0.831. The summed E-state index contributed by atoms with van der Waals surface area (Å²) >= 11 is 0. The zero-order valence-electron chi connectivity index (χ0n) is 14.6. The first-order valence-electron chi connectivity index (χ1n) is 8.31. The summed E-state index contributed by atoms with van der Waals surface area (Å²) in [5, 5.41) is 8.93. The first-order chi connectivity index (χ1) is 12.9. The molecule has 0 saturated carbocycles. The number of carbonyl (C=O) groups excluding carboxylic acids is 1. The van der Waals surface area contributed by atoms with Crippen molar-refractivity contribution < 1.29 is 27.4 Å². The number of alkyl halides is 3. The Morgan fingerprint density at radius 1 is 1.37 bits per heavy atom. The minimum Gasteiger partial charge on any atom is -0.495 e. The van der Waals surface area contributed by atoms with Crippen molar-refractivity contribution in [2.75, 3.05) is 25.6 Å². The molecule has 10 heteroatoms. The number of urea groups is 1. The van der Waals surface area contributed by atoms with Crippen LogP contribution in [-0.2, 0) is 30.5 Å². The average molecular weight is 384 g/mol. The molecule has 2 amide bonds. The monoisotopic (exact) mass is 384 g/mol. The maximum atomic E-state index is 13.1. The summed E-state index contributed by atoms with van der Waals surface area (Å²) < 4.78 is 51.0. The molecule has 1 aromatic carbocycles. The maximum Gasteiger partial charge on any atom is 0.435 e. The number of methoxy groups -OCH3 is 1. The first-order valence-corrected chi connectivity index (χ1v) is 8.31. The van der Waals surface area contributed by atoms with Gasteiger partial charge in [0.25, 0.3) is 0 Å². The second-order valence-electron chi connectivity index (χ2n) is 5.88. The smallest absolute Gasteiger partial charge is 0.435 e. The summed E-state index contributed by atoms with van der Waals surface area (Å²) in [7, 11) is 1.49. The molecule has 1 aliphatic heterocycles. The van der Waals surface area contributed by atoms with E-state index in [1.807, 2.05) is 0 Å². The van der Waals surface area contributed by atoms with Crippen molar-refractivity contribution in [1.82, 2.24) is 15.1 Å². The lowest BCUT2D eigenvalue weighted by atomic mass is 10.1. The number of carbonyl (C=O) groups is 1. The topological polar surface area (TPSA) is 77.4 Å². The highest BCUT2D eigenvalue weighted by Gasteiger charge is 2.39. The van der Waals surface area contributed by atoms with Gasteiger partial charge in [0.05, 0.1) is 32.6 Å². The molecule has 0 fully saturated rings. The van der Waals surface area contributed by atoms with Crippen LogP contribution in [0.25, 0.3) is 0 Å². The number of nitrogens with one attached hydrogen (secondary N) is 2. The fraction of sp³-hybridized carbons (Fsp3) is 0.412. The van der Waals surface area contributed by atoms with E-state index in [0.29, 0.717) is 30.2 Å². The Kier molecular flexibility index (Phi) is 5.54. The highest BCUT2D eigenvalue weighted by Crippen LogP contribution is 2.34. The van der Waals surface area contributed by atoms with Gasteiger partial charge in [-0.05, 0) is 12.1 Å². The highest BCUT2D eigenvalue weighted by atomic mass is 19.4. The van der Waals surface area contributed by atoms with Gasteiger partial charge in [0, 0.05) is 24.2 Å². The molecule has 2 aromatic rings. The van der Waals surface area contributed by atoms with Crippen molar-refractivity contribution in [2.24, 2.45) is 0 Å². The number of hydrogen-bond acceptors (Lipinski definition) is 4. The first kappa shape index (κ1) is 19.0. The number of aromatic nitrogens is 2. The molecule has 0 unspecified atom stereocenters. The van der Waals surface area contributed by atoms with Crippen molar-refractivity contribution in [1.29, 1.82) is 0 Å². The van der Waals surface area contributed by atoms with Gasteiger partial charge in [-0.3, -0.25) is 4.68 Å². The number of anilines is 1. The summed E-state index contributed by atoms with van der Waals surface area (Å²) in [5.41, 5.74) is 0.147. The van der Waals surface area contributed by atoms with Gasteiger partial charge in [-0.25, -0.2) is 4.79 Å². The number of fused-ring (bicyclic) bond motifs is 1. The van der Waals surface area contributed by atoms with Gasteiger partial charge in [0.15, 0.2) is 5.69 Å². The number of ether oxygens (including phenoxy) is 2. The van der Waals surface area contributed by atoms with Crippen molar-refractivity contribution in [3.05, 3.63) is 41.2 Å². The SMILES string of the molecule is COc1ccccc1NC(=O)NCCn1nc(C(F)(F)F)c2c1CCOC2.